The topological polar surface area (TPSA) is 115 Å². The Balaban J connectivity index is 1.74. The van der Waals surface area contributed by atoms with E-state index in [1.165, 1.54) is 24.3 Å². The van der Waals surface area contributed by atoms with Gasteiger partial charge in [0.15, 0.2) is 0 Å². The second-order valence-electron chi connectivity index (χ2n) is 8.73. The van der Waals surface area contributed by atoms with Crippen molar-refractivity contribution in [2.75, 3.05) is 6.54 Å². The highest BCUT2D eigenvalue weighted by Crippen LogP contribution is 2.44. The van der Waals surface area contributed by atoms with Crippen LogP contribution in [-0.2, 0) is 13.0 Å². The zero-order chi connectivity index (χ0) is 26.3. The first-order valence-corrected chi connectivity index (χ1v) is 12.5. The van der Waals surface area contributed by atoms with E-state index in [0.717, 1.165) is 17.8 Å². The van der Waals surface area contributed by atoms with Gasteiger partial charge in [-0.05, 0) is 36.2 Å². The molecule has 5 rings (SSSR count). The summed E-state index contributed by atoms with van der Waals surface area (Å²) in [5.41, 5.74) is 7.74. The number of carbonyl (C=O) groups excluding carboxylic acids is 2. The van der Waals surface area contributed by atoms with Crippen LogP contribution in [0.3, 0.4) is 0 Å². The number of hydrogen-bond donors (Lipinski definition) is 1. The molecule has 1 unspecified atom stereocenters. The summed E-state index contributed by atoms with van der Waals surface area (Å²) in [4.78, 5) is 32.7. The summed E-state index contributed by atoms with van der Waals surface area (Å²) in [7, 11) is 0. The Morgan fingerprint density at radius 2 is 1.92 bits per heavy atom. The average Bonchev–Trinajstić information content (AvgIpc) is 3.59. The zero-order valence-corrected chi connectivity index (χ0v) is 20.9. The molecule has 1 aliphatic rings. The fraction of sp³-hybridized carbons (Fsp3) is 0.269. The molecule has 2 N–H and O–H groups in total. The number of primary amides is 1. The third-order valence-corrected chi connectivity index (χ3v) is 7.24. The van der Waals surface area contributed by atoms with Crippen molar-refractivity contribution in [3.8, 4) is 21.9 Å². The van der Waals surface area contributed by atoms with Crippen LogP contribution in [0, 0.1) is 12.7 Å². The van der Waals surface area contributed by atoms with E-state index >= 15 is 4.39 Å². The number of nitrogens with two attached hydrogens (primary N) is 1. The van der Waals surface area contributed by atoms with Gasteiger partial charge in [-0.15, -0.1) is 21.5 Å². The summed E-state index contributed by atoms with van der Waals surface area (Å²) >= 11 is 1.12. The van der Waals surface area contributed by atoms with E-state index in [4.69, 9.17) is 15.1 Å². The maximum Gasteiger partial charge on any atom is 0.258 e. The van der Waals surface area contributed by atoms with Crippen molar-refractivity contribution in [3.63, 3.8) is 0 Å². The van der Waals surface area contributed by atoms with Gasteiger partial charge in [0.2, 0.25) is 11.8 Å². The lowest BCUT2D eigenvalue weighted by Crippen LogP contribution is -2.24. The Morgan fingerprint density at radius 3 is 2.54 bits per heavy atom. The number of hydrogen-bond acceptors (Lipinski definition) is 7. The summed E-state index contributed by atoms with van der Waals surface area (Å²) in [6.07, 6.45) is -0.951. The SMILES string of the molecule is CCCN1Cc2nc(CC(F)c3ccc(F)cc3)c(-c3nnc(C)o3)c(-c3ccc(C(N)=O)s3)c2C1=O. The molecule has 0 aliphatic carbocycles. The Labute approximate surface area is 215 Å². The number of aromatic nitrogens is 3. The highest BCUT2D eigenvalue weighted by molar-refractivity contribution is 7.17. The zero-order valence-electron chi connectivity index (χ0n) is 20.1. The smallest absolute Gasteiger partial charge is 0.258 e. The lowest BCUT2D eigenvalue weighted by atomic mass is 9.94. The second kappa shape index (κ2) is 9.81. The minimum Gasteiger partial charge on any atom is -0.421 e. The van der Waals surface area contributed by atoms with Crippen LogP contribution in [0.15, 0.2) is 40.8 Å². The van der Waals surface area contributed by atoms with Gasteiger partial charge in [-0.3, -0.25) is 14.6 Å². The number of alkyl halides is 1. The predicted molar refractivity (Wildman–Crippen MR) is 133 cm³/mol. The highest BCUT2D eigenvalue weighted by Gasteiger charge is 2.37. The van der Waals surface area contributed by atoms with Crippen LogP contribution in [0.5, 0.6) is 0 Å². The summed E-state index contributed by atoms with van der Waals surface area (Å²) in [6.45, 7) is 4.39. The minimum absolute atomic E-state index is 0.0832. The highest BCUT2D eigenvalue weighted by atomic mass is 32.1. The number of nitrogens with zero attached hydrogens (tertiary/aromatic N) is 4. The van der Waals surface area contributed by atoms with E-state index in [0.29, 0.717) is 44.4 Å². The van der Waals surface area contributed by atoms with Crippen molar-refractivity contribution in [2.45, 2.75) is 39.4 Å². The monoisotopic (exact) mass is 523 g/mol. The Hall–Kier alpha value is -3.99. The van der Waals surface area contributed by atoms with E-state index in [-0.39, 0.29) is 36.2 Å². The maximum atomic E-state index is 15.6. The van der Waals surface area contributed by atoms with Crippen LogP contribution >= 0.6 is 11.3 Å². The molecule has 3 aromatic heterocycles. The average molecular weight is 524 g/mol. The molecule has 2 amide bonds. The summed E-state index contributed by atoms with van der Waals surface area (Å²) in [5.74, 6) is -0.914. The number of halogens is 2. The molecule has 0 spiro atoms. The van der Waals surface area contributed by atoms with Gasteiger partial charge in [0.05, 0.1) is 33.9 Å². The molecule has 0 fully saturated rings. The Morgan fingerprint density at radius 1 is 1.16 bits per heavy atom. The lowest BCUT2D eigenvalue weighted by Gasteiger charge is -2.16. The van der Waals surface area contributed by atoms with Crippen LogP contribution < -0.4 is 5.73 Å². The fourth-order valence-corrected chi connectivity index (χ4v) is 5.40. The van der Waals surface area contributed by atoms with E-state index in [1.54, 1.807) is 24.0 Å². The van der Waals surface area contributed by atoms with Crippen molar-refractivity contribution >= 4 is 23.2 Å². The van der Waals surface area contributed by atoms with Crippen molar-refractivity contribution in [1.29, 1.82) is 0 Å². The fourth-order valence-electron chi connectivity index (χ4n) is 4.48. The van der Waals surface area contributed by atoms with Gasteiger partial charge in [0, 0.05) is 30.3 Å². The third-order valence-electron chi connectivity index (χ3n) is 6.12. The van der Waals surface area contributed by atoms with E-state index in [9.17, 15) is 14.0 Å². The first kappa shape index (κ1) is 24.7. The molecule has 0 saturated heterocycles. The quantitative estimate of drug-likeness (QED) is 0.347. The molecule has 190 valence electrons. The third kappa shape index (κ3) is 4.62. The van der Waals surface area contributed by atoms with Crippen LogP contribution in [0.1, 0.15) is 62.4 Å². The molecule has 0 radical (unpaired) electrons. The molecule has 1 atom stereocenters. The van der Waals surface area contributed by atoms with Gasteiger partial charge in [-0.25, -0.2) is 8.78 Å². The van der Waals surface area contributed by atoms with Gasteiger partial charge in [-0.1, -0.05) is 19.1 Å². The van der Waals surface area contributed by atoms with E-state index in [1.807, 2.05) is 6.92 Å². The summed E-state index contributed by atoms with van der Waals surface area (Å²) in [5, 5.41) is 8.09. The Kier molecular flexibility index (Phi) is 6.55. The number of benzene rings is 1. The summed E-state index contributed by atoms with van der Waals surface area (Å²) < 4.78 is 34.7. The van der Waals surface area contributed by atoms with Crippen molar-refractivity contribution in [3.05, 3.63) is 75.5 Å². The molecule has 4 heterocycles. The number of fused-ring (bicyclic) bond motifs is 1. The van der Waals surface area contributed by atoms with E-state index in [2.05, 4.69) is 10.2 Å². The molecule has 1 aromatic carbocycles. The number of rotatable bonds is 8. The van der Waals surface area contributed by atoms with Crippen LogP contribution in [0.2, 0.25) is 0 Å². The van der Waals surface area contributed by atoms with Crippen molar-refractivity contribution in [1.82, 2.24) is 20.1 Å². The maximum absolute atomic E-state index is 15.6. The molecule has 1 aliphatic heterocycles. The Bertz CT molecular complexity index is 1500. The van der Waals surface area contributed by atoms with Crippen LogP contribution in [-0.4, -0.2) is 38.4 Å². The van der Waals surface area contributed by atoms with Crippen molar-refractivity contribution in [2.24, 2.45) is 5.73 Å². The largest absolute Gasteiger partial charge is 0.421 e. The molecule has 8 nitrogen and oxygen atoms in total. The van der Waals surface area contributed by atoms with Gasteiger partial charge < -0.3 is 15.1 Å². The lowest BCUT2D eigenvalue weighted by molar-refractivity contribution is 0.0778. The van der Waals surface area contributed by atoms with E-state index < -0.39 is 17.9 Å². The standard InChI is InChI=1S/C26H23F2N5O3S/c1-3-10-33-12-18-22(26(33)35)23(19-8-9-20(37-19)24(29)34)21(25-32-31-13(2)36-25)17(30-18)11-16(28)14-4-6-15(27)7-5-14/h4-9,16H,3,10-12H2,1-2H3,(H2,29,34). The van der Waals surface area contributed by atoms with Gasteiger partial charge in [0.25, 0.3) is 11.8 Å². The number of pyridine rings is 1. The minimum atomic E-state index is -1.52. The first-order valence-electron chi connectivity index (χ1n) is 11.7. The first-order chi connectivity index (χ1) is 17.8. The van der Waals surface area contributed by atoms with Gasteiger partial charge >= 0.3 is 0 Å². The number of amides is 2. The summed E-state index contributed by atoms with van der Waals surface area (Å²) in [6, 6.07) is 8.44. The van der Waals surface area contributed by atoms with Gasteiger partial charge in [0.1, 0.15) is 12.0 Å². The molecular formula is C26H23F2N5O3S. The second-order valence-corrected chi connectivity index (χ2v) is 9.82. The molecule has 0 bridgehead atoms. The van der Waals surface area contributed by atoms with Crippen LogP contribution in [0.4, 0.5) is 8.78 Å². The number of thiophene rings is 1. The predicted octanol–water partition coefficient (Wildman–Crippen LogP) is 5.03. The normalized spacial score (nSPS) is 13.7. The number of aryl methyl sites for hydroxylation is 1. The molecular weight excluding hydrogens is 500 g/mol. The molecule has 37 heavy (non-hydrogen) atoms. The molecule has 11 heteroatoms. The molecule has 4 aromatic rings. The van der Waals surface area contributed by atoms with Crippen molar-refractivity contribution < 1.29 is 22.8 Å². The van der Waals surface area contributed by atoms with Crippen LogP contribution in [0.25, 0.3) is 21.9 Å². The van der Waals surface area contributed by atoms with Gasteiger partial charge in [-0.2, -0.15) is 0 Å². The number of carbonyl (C=O) groups is 2. The molecule has 0 saturated carbocycles.